The molecule has 1 aromatic rings. The lowest BCUT2D eigenvalue weighted by Crippen LogP contribution is -2.25. The van der Waals surface area contributed by atoms with Crippen LogP contribution < -0.4 is 0 Å². The van der Waals surface area contributed by atoms with E-state index in [-0.39, 0.29) is 23.5 Å². The average molecular weight is 305 g/mol. The van der Waals surface area contributed by atoms with Crippen LogP contribution in [0.3, 0.4) is 0 Å². The van der Waals surface area contributed by atoms with Crippen LogP contribution in [0.4, 0.5) is 0 Å². The number of carbonyl (C=O) groups is 1. The van der Waals surface area contributed by atoms with Gasteiger partial charge in [0, 0.05) is 20.0 Å². The zero-order valence-corrected chi connectivity index (χ0v) is 12.4. The molecule has 0 aliphatic carbocycles. The summed E-state index contributed by atoms with van der Waals surface area (Å²) in [6, 6.07) is 8.00. The molecule has 0 saturated heterocycles. The van der Waals surface area contributed by atoms with Crippen LogP contribution in [-0.4, -0.2) is 32.1 Å². The number of benzene rings is 1. The van der Waals surface area contributed by atoms with Crippen molar-refractivity contribution in [1.82, 2.24) is 0 Å². The summed E-state index contributed by atoms with van der Waals surface area (Å²) >= 11 is 5.98. The van der Waals surface area contributed by atoms with E-state index >= 15 is 0 Å². The summed E-state index contributed by atoms with van der Waals surface area (Å²) in [5, 5.41) is 0. The summed E-state index contributed by atoms with van der Waals surface area (Å²) in [4.78, 5) is 11.2. The minimum Gasteiger partial charge on any atom is -0.381 e. The van der Waals surface area contributed by atoms with Crippen molar-refractivity contribution in [2.75, 3.05) is 7.11 Å². The molecule has 2 atom stereocenters. The van der Waals surface area contributed by atoms with Crippen LogP contribution in [0.25, 0.3) is 0 Å². The summed E-state index contributed by atoms with van der Waals surface area (Å²) in [6.07, 6.45) is -0.252. The van der Waals surface area contributed by atoms with Gasteiger partial charge in [-0.25, -0.2) is 8.42 Å². The van der Waals surface area contributed by atoms with Gasteiger partial charge in [0.15, 0.2) is 9.84 Å². The van der Waals surface area contributed by atoms with Crippen molar-refractivity contribution >= 4 is 27.2 Å². The molecule has 0 spiro atoms. The zero-order chi connectivity index (χ0) is 14.5. The Kier molecular flexibility index (Phi) is 5.97. The number of rotatable bonds is 7. The lowest BCUT2D eigenvalue weighted by Gasteiger charge is -2.17. The zero-order valence-electron chi connectivity index (χ0n) is 10.9. The fourth-order valence-electron chi connectivity index (χ4n) is 1.67. The summed E-state index contributed by atoms with van der Waals surface area (Å²) < 4.78 is 28.4. The Balaban J connectivity index is 2.82. The van der Waals surface area contributed by atoms with Crippen LogP contribution in [0.15, 0.2) is 35.2 Å². The monoisotopic (exact) mass is 304 g/mol. The van der Waals surface area contributed by atoms with Gasteiger partial charge in [-0.15, -0.1) is 11.6 Å². The van der Waals surface area contributed by atoms with Crippen LogP contribution in [0.5, 0.6) is 0 Å². The highest BCUT2D eigenvalue weighted by molar-refractivity contribution is 7.93. The highest BCUT2D eigenvalue weighted by Crippen LogP contribution is 2.23. The number of carbonyl (C=O) groups excluding carboxylic acids is 1. The maximum absolute atomic E-state index is 12.2. The summed E-state index contributed by atoms with van der Waals surface area (Å²) in [5.74, 6) is -0.0622. The third-order valence-electron chi connectivity index (χ3n) is 2.71. The van der Waals surface area contributed by atoms with E-state index < -0.39 is 20.7 Å². The molecule has 0 bridgehead atoms. The van der Waals surface area contributed by atoms with Crippen molar-refractivity contribution in [3.63, 3.8) is 0 Å². The second-order valence-electron chi connectivity index (χ2n) is 4.27. The van der Waals surface area contributed by atoms with Crippen molar-refractivity contribution < 1.29 is 17.9 Å². The summed E-state index contributed by atoms with van der Waals surface area (Å²) in [5.41, 5.74) is 0. The van der Waals surface area contributed by atoms with E-state index in [1.165, 1.54) is 26.2 Å². The minimum atomic E-state index is -3.61. The lowest BCUT2D eigenvalue weighted by atomic mass is 10.1. The van der Waals surface area contributed by atoms with Gasteiger partial charge in [-0.05, 0) is 19.1 Å². The predicted molar refractivity (Wildman–Crippen MR) is 74.0 cm³/mol. The molecule has 1 aromatic carbocycles. The van der Waals surface area contributed by atoms with Gasteiger partial charge in [0.2, 0.25) is 0 Å². The number of ketones is 1. The van der Waals surface area contributed by atoms with Crippen molar-refractivity contribution in [2.45, 2.75) is 35.5 Å². The largest absolute Gasteiger partial charge is 0.381 e. The summed E-state index contributed by atoms with van der Waals surface area (Å²) in [6.45, 7) is 1.43. The SMILES string of the molecule is COC(CC(C)=O)CC(Cl)S(=O)(=O)c1ccccc1. The number of halogens is 1. The highest BCUT2D eigenvalue weighted by atomic mass is 35.5. The van der Waals surface area contributed by atoms with Gasteiger partial charge in [-0.1, -0.05) is 18.2 Å². The second-order valence-corrected chi connectivity index (χ2v) is 7.18. The average Bonchev–Trinajstić information content (AvgIpc) is 2.38. The van der Waals surface area contributed by atoms with Gasteiger partial charge in [0.05, 0.1) is 11.0 Å². The number of ether oxygens (including phenoxy) is 1. The first kappa shape index (κ1) is 16.1. The molecule has 0 aromatic heterocycles. The van der Waals surface area contributed by atoms with E-state index in [2.05, 4.69) is 0 Å². The third kappa shape index (κ3) is 4.60. The molecular weight excluding hydrogens is 288 g/mol. The number of alkyl halides is 1. The Morgan fingerprint density at radius 3 is 2.37 bits per heavy atom. The molecule has 106 valence electrons. The van der Waals surface area contributed by atoms with E-state index in [0.29, 0.717) is 0 Å². The number of methoxy groups -OCH3 is 1. The molecule has 4 nitrogen and oxygen atoms in total. The van der Waals surface area contributed by atoms with Gasteiger partial charge in [-0.2, -0.15) is 0 Å². The summed E-state index contributed by atoms with van der Waals surface area (Å²) in [7, 11) is -2.17. The fraction of sp³-hybridized carbons (Fsp3) is 0.462. The van der Waals surface area contributed by atoms with E-state index in [4.69, 9.17) is 16.3 Å². The van der Waals surface area contributed by atoms with E-state index in [9.17, 15) is 13.2 Å². The van der Waals surface area contributed by atoms with Gasteiger partial charge in [0.25, 0.3) is 0 Å². The second kappa shape index (κ2) is 7.03. The fourth-order valence-corrected chi connectivity index (χ4v) is 3.48. The van der Waals surface area contributed by atoms with Gasteiger partial charge >= 0.3 is 0 Å². The molecule has 0 fully saturated rings. The normalized spacial score (nSPS) is 14.9. The Labute approximate surface area is 118 Å². The van der Waals surface area contributed by atoms with Crippen LogP contribution in [0.2, 0.25) is 0 Å². The number of hydrogen-bond acceptors (Lipinski definition) is 4. The minimum absolute atomic E-state index is 0.0622. The number of Topliss-reactive ketones (excluding diaryl/α,β-unsaturated/α-hetero) is 1. The molecule has 1 rings (SSSR count). The topological polar surface area (TPSA) is 60.4 Å². The Morgan fingerprint density at radius 2 is 1.89 bits per heavy atom. The molecule has 6 heteroatoms. The molecule has 0 radical (unpaired) electrons. The molecule has 0 saturated carbocycles. The van der Waals surface area contributed by atoms with Crippen LogP contribution in [0.1, 0.15) is 19.8 Å². The van der Waals surface area contributed by atoms with Crippen molar-refractivity contribution in [1.29, 1.82) is 0 Å². The third-order valence-corrected chi connectivity index (χ3v) is 5.38. The molecule has 0 aliphatic rings. The quantitative estimate of drug-likeness (QED) is 0.726. The van der Waals surface area contributed by atoms with E-state index in [0.717, 1.165) is 0 Å². The Morgan fingerprint density at radius 1 is 1.32 bits per heavy atom. The van der Waals surface area contributed by atoms with Crippen molar-refractivity contribution in [3.8, 4) is 0 Å². The van der Waals surface area contributed by atoms with Gasteiger partial charge in [-0.3, -0.25) is 4.79 Å². The van der Waals surface area contributed by atoms with Gasteiger partial charge < -0.3 is 4.74 Å². The van der Waals surface area contributed by atoms with Crippen molar-refractivity contribution in [3.05, 3.63) is 30.3 Å². The standard InChI is InChI=1S/C13H17ClO4S/c1-10(15)8-11(18-2)9-13(14)19(16,17)12-6-4-3-5-7-12/h3-7,11,13H,8-9H2,1-2H3. The molecule has 2 unspecified atom stereocenters. The maximum Gasteiger partial charge on any atom is 0.195 e. The first-order valence-corrected chi connectivity index (χ1v) is 7.81. The first-order chi connectivity index (χ1) is 8.87. The Bertz CT molecular complexity index is 513. The number of hydrogen-bond donors (Lipinski definition) is 0. The van der Waals surface area contributed by atoms with Crippen molar-refractivity contribution in [2.24, 2.45) is 0 Å². The van der Waals surface area contributed by atoms with E-state index in [1.54, 1.807) is 18.2 Å². The maximum atomic E-state index is 12.2. The predicted octanol–water partition coefficient (Wildman–Crippen LogP) is 2.41. The molecular formula is C13H17ClO4S. The molecule has 0 amide bonds. The molecule has 0 aliphatic heterocycles. The number of sulfone groups is 1. The van der Waals surface area contributed by atoms with Gasteiger partial charge in [0.1, 0.15) is 10.5 Å². The van der Waals surface area contributed by atoms with E-state index in [1.807, 2.05) is 0 Å². The van der Waals surface area contributed by atoms with Crippen LogP contribution in [-0.2, 0) is 19.4 Å². The van der Waals surface area contributed by atoms with Crippen LogP contribution in [0, 0.1) is 0 Å². The molecule has 0 N–H and O–H groups in total. The Hall–Kier alpha value is -0.910. The first-order valence-electron chi connectivity index (χ1n) is 5.83. The highest BCUT2D eigenvalue weighted by Gasteiger charge is 2.28. The van der Waals surface area contributed by atoms with Crippen LogP contribution >= 0.6 is 11.6 Å². The smallest absolute Gasteiger partial charge is 0.195 e. The molecule has 19 heavy (non-hydrogen) atoms. The lowest BCUT2D eigenvalue weighted by molar-refractivity contribution is -0.119. The molecule has 0 heterocycles.